The highest BCUT2D eigenvalue weighted by molar-refractivity contribution is 5.97. The SMILES string of the molecule is O=C(O)c1cc2cc(F)ccc2cc1O. The smallest absolute Gasteiger partial charge is 0.339 e. The van der Waals surface area contributed by atoms with Crippen molar-refractivity contribution in [3.05, 3.63) is 41.7 Å². The monoisotopic (exact) mass is 206 g/mol. The van der Waals surface area contributed by atoms with Crippen LogP contribution >= 0.6 is 0 Å². The fraction of sp³-hybridized carbons (Fsp3) is 0. The van der Waals surface area contributed by atoms with Crippen LogP contribution in [0.15, 0.2) is 30.3 Å². The van der Waals surface area contributed by atoms with Crippen molar-refractivity contribution in [3.63, 3.8) is 0 Å². The predicted octanol–water partition coefficient (Wildman–Crippen LogP) is 2.38. The summed E-state index contributed by atoms with van der Waals surface area (Å²) in [6.45, 7) is 0. The molecule has 0 aliphatic rings. The van der Waals surface area contributed by atoms with E-state index in [4.69, 9.17) is 5.11 Å². The van der Waals surface area contributed by atoms with E-state index in [0.29, 0.717) is 10.8 Å². The Hall–Kier alpha value is -2.10. The van der Waals surface area contributed by atoms with Crippen LogP contribution in [-0.2, 0) is 0 Å². The van der Waals surface area contributed by atoms with Crippen LogP contribution in [0.2, 0.25) is 0 Å². The maximum Gasteiger partial charge on any atom is 0.339 e. The Morgan fingerprint density at radius 1 is 1.13 bits per heavy atom. The first-order valence-corrected chi connectivity index (χ1v) is 4.23. The lowest BCUT2D eigenvalue weighted by Crippen LogP contribution is -1.96. The molecule has 0 aliphatic carbocycles. The number of aromatic hydroxyl groups is 1. The molecule has 2 aromatic rings. The van der Waals surface area contributed by atoms with Crippen LogP contribution in [-0.4, -0.2) is 16.2 Å². The van der Waals surface area contributed by atoms with Gasteiger partial charge in [-0.15, -0.1) is 0 Å². The van der Waals surface area contributed by atoms with Crippen LogP contribution in [0.25, 0.3) is 10.8 Å². The van der Waals surface area contributed by atoms with E-state index in [1.165, 1.54) is 30.3 Å². The highest BCUT2D eigenvalue weighted by Gasteiger charge is 2.10. The number of phenols is 1. The van der Waals surface area contributed by atoms with E-state index in [1.54, 1.807) is 0 Å². The van der Waals surface area contributed by atoms with Crippen molar-refractivity contribution in [3.8, 4) is 5.75 Å². The van der Waals surface area contributed by atoms with E-state index in [-0.39, 0.29) is 11.3 Å². The number of hydrogen-bond donors (Lipinski definition) is 2. The van der Waals surface area contributed by atoms with Gasteiger partial charge in [0.2, 0.25) is 0 Å². The summed E-state index contributed by atoms with van der Waals surface area (Å²) in [5, 5.41) is 19.2. The number of carboxylic acids is 1. The van der Waals surface area contributed by atoms with Crippen molar-refractivity contribution in [1.82, 2.24) is 0 Å². The van der Waals surface area contributed by atoms with Crippen molar-refractivity contribution < 1.29 is 19.4 Å². The van der Waals surface area contributed by atoms with E-state index >= 15 is 0 Å². The zero-order valence-corrected chi connectivity index (χ0v) is 7.57. The molecule has 0 radical (unpaired) electrons. The third kappa shape index (κ3) is 1.61. The summed E-state index contributed by atoms with van der Waals surface area (Å²) in [5.41, 5.74) is -0.229. The van der Waals surface area contributed by atoms with E-state index < -0.39 is 11.8 Å². The van der Waals surface area contributed by atoms with Crippen molar-refractivity contribution in [2.75, 3.05) is 0 Å². The Morgan fingerprint density at radius 3 is 2.53 bits per heavy atom. The highest BCUT2D eigenvalue weighted by atomic mass is 19.1. The van der Waals surface area contributed by atoms with Gasteiger partial charge in [0.1, 0.15) is 17.1 Å². The van der Waals surface area contributed by atoms with Crippen molar-refractivity contribution >= 4 is 16.7 Å². The highest BCUT2D eigenvalue weighted by Crippen LogP contribution is 2.25. The number of fused-ring (bicyclic) bond motifs is 1. The van der Waals surface area contributed by atoms with Crippen LogP contribution < -0.4 is 0 Å². The van der Waals surface area contributed by atoms with Crippen molar-refractivity contribution in [2.24, 2.45) is 0 Å². The predicted molar refractivity (Wildman–Crippen MR) is 52.5 cm³/mol. The molecule has 15 heavy (non-hydrogen) atoms. The average Bonchev–Trinajstić information content (AvgIpc) is 2.17. The molecule has 0 saturated carbocycles. The van der Waals surface area contributed by atoms with Gasteiger partial charge in [0.15, 0.2) is 0 Å². The molecule has 0 atom stereocenters. The van der Waals surface area contributed by atoms with Gasteiger partial charge in [0.25, 0.3) is 0 Å². The number of halogens is 1. The fourth-order valence-electron chi connectivity index (χ4n) is 1.43. The molecule has 2 N–H and O–H groups in total. The maximum atomic E-state index is 12.9. The van der Waals surface area contributed by atoms with E-state index in [2.05, 4.69) is 0 Å². The molecule has 3 nitrogen and oxygen atoms in total. The summed E-state index contributed by atoms with van der Waals surface area (Å²) in [7, 11) is 0. The first-order valence-electron chi connectivity index (χ1n) is 4.23. The first kappa shape index (κ1) is 9.45. The van der Waals surface area contributed by atoms with E-state index in [1.807, 2.05) is 0 Å². The van der Waals surface area contributed by atoms with Gasteiger partial charge in [-0.25, -0.2) is 9.18 Å². The molecule has 0 aliphatic heterocycles. The molecule has 0 amide bonds. The molecule has 0 unspecified atom stereocenters. The number of aromatic carboxylic acids is 1. The second kappa shape index (κ2) is 3.24. The quantitative estimate of drug-likeness (QED) is 0.753. The normalized spacial score (nSPS) is 10.5. The van der Waals surface area contributed by atoms with Gasteiger partial charge in [0.05, 0.1) is 0 Å². The lowest BCUT2D eigenvalue weighted by atomic mass is 10.1. The number of rotatable bonds is 1. The molecule has 2 aromatic carbocycles. The molecule has 0 heterocycles. The zero-order valence-electron chi connectivity index (χ0n) is 7.57. The average molecular weight is 206 g/mol. The van der Waals surface area contributed by atoms with Crippen LogP contribution in [0.3, 0.4) is 0 Å². The number of carbonyl (C=O) groups is 1. The molecule has 76 valence electrons. The van der Waals surface area contributed by atoms with Gasteiger partial charge in [-0.1, -0.05) is 6.07 Å². The molecule has 0 fully saturated rings. The van der Waals surface area contributed by atoms with Crippen LogP contribution in [0, 0.1) is 5.82 Å². The van der Waals surface area contributed by atoms with Crippen LogP contribution in [0.1, 0.15) is 10.4 Å². The number of benzene rings is 2. The number of carboxylic acid groups (broad SMARTS) is 1. The minimum absolute atomic E-state index is 0.229. The Labute approximate surface area is 84.4 Å². The second-order valence-corrected chi connectivity index (χ2v) is 3.17. The lowest BCUT2D eigenvalue weighted by molar-refractivity contribution is 0.0694. The summed E-state index contributed by atoms with van der Waals surface area (Å²) in [5.74, 6) is -2.00. The molecule has 4 heteroatoms. The molecule has 0 saturated heterocycles. The van der Waals surface area contributed by atoms with Gasteiger partial charge in [0, 0.05) is 0 Å². The van der Waals surface area contributed by atoms with Gasteiger partial charge >= 0.3 is 5.97 Å². The van der Waals surface area contributed by atoms with Gasteiger partial charge in [-0.05, 0) is 35.0 Å². The maximum absolute atomic E-state index is 12.9. The van der Waals surface area contributed by atoms with E-state index in [9.17, 15) is 14.3 Å². The Kier molecular flexibility index (Phi) is 2.04. The minimum atomic E-state index is -1.24. The molecular weight excluding hydrogens is 199 g/mol. The Bertz CT molecular complexity index is 549. The first-order chi connectivity index (χ1) is 7.08. The van der Waals surface area contributed by atoms with Gasteiger partial charge < -0.3 is 10.2 Å². The third-order valence-electron chi connectivity index (χ3n) is 2.15. The third-order valence-corrected chi connectivity index (χ3v) is 2.15. The molecular formula is C11H7FO3. The van der Waals surface area contributed by atoms with Crippen molar-refractivity contribution in [1.29, 1.82) is 0 Å². The standard InChI is InChI=1S/C11H7FO3/c12-8-2-1-6-5-10(13)9(11(14)15)4-7(6)3-8/h1-5,13H,(H,14,15). The summed E-state index contributed by atoms with van der Waals surface area (Å²) >= 11 is 0. The van der Waals surface area contributed by atoms with Gasteiger partial charge in [-0.3, -0.25) is 0 Å². The van der Waals surface area contributed by atoms with Crippen LogP contribution in [0.5, 0.6) is 5.75 Å². The molecule has 0 bridgehead atoms. The molecule has 2 rings (SSSR count). The van der Waals surface area contributed by atoms with Crippen LogP contribution in [0.4, 0.5) is 4.39 Å². The lowest BCUT2D eigenvalue weighted by Gasteiger charge is -2.03. The second-order valence-electron chi connectivity index (χ2n) is 3.17. The molecule has 0 aromatic heterocycles. The fourth-order valence-corrected chi connectivity index (χ4v) is 1.43. The number of hydrogen-bond acceptors (Lipinski definition) is 2. The summed E-state index contributed by atoms with van der Waals surface area (Å²) in [6, 6.07) is 6.51. The summed E-state index contributed by atoms with van der Waals surface area (Å²) < 4.78 is 12.9. The van der Waals surface area contributed by atoms with Gasteiger partial charge in [-0.2, -0.15) is 0 Å². The topological polar surface area (TPSA) is 57.5 Å². The van der Waals surface area contributed by atoms with E-state index in [0.717, 1.165) is 0 Å². The Morgan fingerprint density at radius 2 is 1.87 bits per heavy atom. The van der Waals surface area contributed by atoms with Crippen molar-refractivity contribution in [2.45, 2.75) is 0 Å². The zero-order chi connectivity index (χ0) is 11.0. The summed E-state index contributed by atoms with van der Waals surface area (Å²) in [4.78, 5) is 10.7. The largest absolute Gasteiger partial charge is 0.507 e. The summed E-state index contributed by atoms with van der Waals surface area (Å²) in [6.07, 6.45) is 0. The minimum Gasteiger partial charge on any atom is -0.507 e. The molecule has 0 spiro atoms. The Balaban J connectivity index is 2.77.